The third-order valence-corrected chi connectivity index (χ3v) is 5.99. The molecule has 2 aliphatic carbocycles. The van der Waals surface area contributed by atoms with E-state index >= 15 is 0 Å². The fraction of sp³-hybridized carbons (Fsp3) is 1.00. The number of hydrogen-bond donors (Lipinski definition) is 0. The first-order valence-electron chi connectivity index (χ1n) is 9.09. The van der Waals surface area contributed by atoms with E-state index in [9.17, 15) is 8.78 Å². The van der Waals surface area contributed by atoms with Gasteiger partial charge in [-0.3, -0.25) is 0 Å². The molecule has 0 aromatic carbocycles. The normalized spacial score (nSPS) is 49.6. The van der Waals surface area contributed by atoms with Gasteiger partial charge < -0.3 is 9.47 Å². The Morgan fingerprint density at radius 1 is 0.955 bits per heavy atom. The number of fused-ring (bicyclic) bond motifs is 1. The summed E-state index contributed by atoms with van der Waals surface area (Å²) < 4.78 is 40.0. The van der Waals surface area contributed by atoms with Gasteiger partial charge in [0.05, 0.1) is 24.9 Å². The van der Waals surface area contributed by atoms with Crippen molar-refractivity contribution in [3.8, 4) is 0 Å². The van der Waals surface area contributed by atoms with Gasteiger partial charge >= 0.3 is 0 Å². The van der Waals surface area contributed by atoms with Crippen molar-refractivity contribution in [2.75, 3.05) is 6.61 Å². The Bertz CT molecular complexity index is 355. The Morgan fingerprint density at radius 3 is 2.41 bits per heavy atom. The van der Waals surface area contributed by atoms with E-state index in [2.05, 4.69) is 6.92 Å². The highest BCUT2D eigenvalue weighted by Crippen LogP contribution is 2.41. The summed E-state index contributed by atoms with van der Waals surface area (Å²) in [7, 11) is 0. The van der Waals surface area contributed by atoms with Crippen molar-refractivity contribution in [3.05, 3.63) is 0 Å². The maximum atomic E-state index is 14.2. The molecule has 0 aromatic heterocycles. The van der Waals surface area contributed by atoms with E-state index in [-0.39, 0.29) is 17.9 Å². The predicted molar refractivity (Wildman–Crippen MR) is 82.3 cm³/mol. The number of hydrogen-bond acceptors (Lipinski definition) is 2. The Morgan fingerprint density at radius 2 is 1.68 bits per heavy atom. The maximum Gasteiger partial charge on any atom is 0.158 e. The Balaban J connectivity index is 1.47. The van der Waals surface area contributed by atoms with Gasteiger partial charge in [0.15, 0.2) is 6.17 Å². The lowest BCUT2D eigenvalue weighted by atomic mass is 9.74. The lowest BCUT2D eigenvalue weighted by Crippen LogP contribution is -2.52. The van der Waals surface area contributed by atoms with E-state index in [1.807, 2.05) is 6.92 Å². The molecule has 3 aliphatic rings. The topological polar surface area (TPSA) is 18.5 Å². The van der Waals surface area contributed by atoms with E-state index in [1.165, 1.54) is 12.8 Å². The molecular weight excluding hydrogens is 286 g/mol. The number of rotatable bonds is 3. The first kappa shape index (κ1) is 16.6. The zero-order chi connectivity index (χ0) is 15.7. The van der Waals surface area contributed by atoms with Crippen molar-refractivity contribution in [2.24, 2.45) is 17.8 Å². The monoisotopic (exact) mass is 316 g/mol. The summed E-state index contributed by atoms with van der Waals surface area (Å²) in [5.74, 6) is 0.810. The van der Waals surface area contributed by atoms with Gasteiger partial charge in [0.25, 0.3) is 0 Å². The molecule has 128 valence electrons. The highest BCUT2D eigenvalue weighted by molar-refractivity contribution is 4.95. The van der Waals surface area contributed by atoms with Crippen LogP contribution in [0.2, 0.25) is 0 Å². The van der Waals surface area contributed by atoms with E-state index in [0.29, 0.717) is 12.7 Å². The minimum atomic E-state index is -1.47. The van der Waals surface area contributed by atoms with E-state index in [0.717, 1.165) is 38.0 Å². The SMILES string of the molecule is CC1CCC(OCC2CCC3CC(C)C(F)C(F)C3O2)CC1. The summed E-state index contributed by atoms with van der Waals surface area (Å²) in [4.78, 5) is 0. The summed E-state index contributed by atoms with van der Waals surface area (Å²) in [5, 5.41) is 0. The van der Waals surface area contributed by atoms with E-state index in [4.69, 9.17) is 9.47 Å². The molecule has 0 bridgehead atoms. The molecule has 2 saturated carbocycles. The number of halogens is 2. The number of alkyl halides is 2. The van der Waals surface area contributed by atoms with Gasteiger partial charge in [-0.05, 0) is 62.7 Å². The fourth-order valence-corrected chi connectivity index (χ4v) is 4.42. The highest BCUT2D eigenvalue weighted by Gasteiger charge is 2.47. The van der Waals surface area contributed by atoms with Crippen molar-refractivity contribution in [3.63, 3.8) is 0 Å². The molecule has 4 heteroatoms. The smallest absolute Gasteiger partial charge is 0.158 e. The van der Waals surface area contributed by atoms with Crippen molar-refractivity contribution >= 4 is 0 Å². The van der Waals surface area contributed by atoms with Crippen molar-refractivity contribution in [1.29, 1.82) is 0 Å². The summed E-state index contributed by atoms with van der Waals surface area (Å²) in [5.41, 5.74) is 0. The first-order chi connectivity index (χ1) is 10.5. The molecular formula is C18H30F2O2. The van der Waals surface area contributed by atoms with Gasteiger partial charge in [-0.1, -0.05) is 13.8 Å². The van der Waals surface area contributed by atoms with Crippen LogP contribution in [-0.4, -0.2) is 37.3 Å². The van der Waals surface area contributed by atoms with Gasteiger partial charge in [-0.2, -0.15) is 0 Å². The third kappa shape index (κ3) is 3.64. The fourth-order valence-electron chi connectivity index (χ4n) is 4.42. The van der Waals surface area contributed by atoms with E-state index in [1.54, 1.807) is 0 Å². The second-order valence-corrected chi connectivity index (χ2v) is 7.88. The van der Waals surface area contributed by atoms with Crippen LogP contribution in [0.5, 0.6) is 0 Å². The summed E-state index contributed by atoms with van der Waals surface area (Å²) >= 11 is 0. The lowest BCUT2D eigenvalue weighted by Gasteiger charge is -2.44. The van der Waals surface area contributed by atoms with Crippen molar-refractivity contribution in [2.45, 2.75) is 89.4 Å². The summed E-state index contributed by atoms with van der Waals surface area (Å²) in [6.07, 6.45) is 4.19. The van der Waals surface area contributed by atoms with Crippen LogP contribution in [0.15, 0.2) is 0 Å². The van der Waals surface area contributed by atoms with Crippen LogP contribution >= 0.6 is 0 Å². The molecule has 0 spiro atoms. The molecule has 0 N–H and O–H groups in total. The Labute approximate surface area is 132 Å². The van der Waals surface area contributed by atoms with Crippen LogP contribution < -0.4 is 0 Å². The molecule has 3 fully saturated rings. The second-order valence-electron chi connectivity index (χ2n) is 7.88. The predicted octanol–water partition coefficient (Wildman–Crippen LogP) is 4.46. The molecule has 3 rings (SSSR count). The van der Waals surface area contributed by atoms with Gasteiger partial charge in [0, 0.05) is 0 Å². The lowest BCUT2D eigenvalue weighted by molar-refractivity contribution is -0.178. The zero-order valence-corrected chi connectivity index (χ0v) is 13.8. The van der Waals surface area contributed by atoms with Crippen molar-refractivity contribution < 1.29 is 18.3 Å². The maximum absolute atomic E-state index is 14.2. The van der Waals surface area contributed by atoms with Crippen LogP contribution in [0.4, 0.5) is 8.78 Å². The third-order valence-electron chi connectivity index (χ3n) is 5.99. The average molecular weight is 316 g/mol. The Kier molecular flexibility index (Phi) is 5.39. The van der Waals surface area contributed by atoms with Crippen LogP contribution in [0.3, 0.4) is 0 Å². The van der Waals surface area contributed by atoms with Gasteiger partial charge in [-0.25, -0.2) is 8.78 Å². The average Bonchev–Trinajstić information content (AvgIpc) is 2.52. The minimum absolute atomic E-state index is 0.0561. The largest absolute Gasteiger partial charge is 0.376 e. The molecule has 0 aromatic rings. The molecule has 22 heavy (non-hydrogen) atoms. The second kappa shape index (κ2) is 7.12. The molecule has 6 unspecified atom stereocenters. The van der Waals surface area contributed by atoms with Crippen LogP contribution in [0.1, 0.15) is 58.8 Å². The highest BCUT2D eigenvalue weighted by atomic mass is 19.2. The zero-order valence-electron chi connectivity index (χ0n) is 13.8. The molecule has 0 amide bonds. The first-order valence-corrected chi connectivity index (χ1v) is 9.09. The molecule has 2 nitrogen and oxygen atoms in total. The summed E-state index contributed by atoms with van der Waals surface area (Å²) in [6.45, 7) is 4.65. The molecule has 1 heterocycles. The van der Waals surface area contributed by atoms with Gasteiger partial charge in [0.2, 0.25) is 0 Å². The minimum Gasteiger partial charge on any atom is -0.376 e. The standard InChI is InChI=1S/C18H30F2O2/c1-11-3-6-14(7-4-11)21-10-15-8-5-13-9-12(2)16(19)17(20)18(13)22-15/h11-18H,3-10H2,1-2H3. The van der Waals surface area contributed by atoms with Gasteiger partial charge in [-0.15, -0.1) is 0 Å². The summed E-state index contributed by atoms with van der Waals surface area (Å²) in [6, 6.07) is 0. The van der Waals surface area contributed by atoms with Crippen LogP contribution in [0.25, 0.3) is 0 Å². The molecule has 0 radical (unpaired) electrons. The molecule has 1 saturated heterocycles. The number of ether oxygens (including phenoxy) is 2. The van der Waals surface area contributed by atoms with Crippen molar-refractivity contribution in [1.82, 2.24) is 0 Å². The Hall–Kier alpha value is -0.220. The van der Waals surface area contributed by atoms with Crippen LogP contribution in [-0.2, 0) is 9.47 Å². The van der Waals surface area contributed by atoms with E-state index < -0.39 is 18.4 Å². The quantitative estimate of drug-likeness (QED) is 0.765. The molecule has 1 aliphatic heterocycles. The van der Waals surface area contributed by atoms with Crippen LogP contribution in [0, 0.1) is 17.8 Å². The van der Waals surface area contributed by atoms with Gasteiger partial charge in [0.1, 0.15) is 6.17 Å². The molecule has 6 atom stereocenters.